The van der Waals surface area contributed by atoms with E-state index in [1.165, 1.54) is 16.8 Å². The Morgan fingerprint density at radius 1 is 1.15 bits per heavy atom. The third-order valence-corrected chi connectivity index (χ3v) is 6.41. The molecule has 3 aliphatic rings. The molecule has 1 N–H and O–H groups in total. The molecule has 0 fully saturated rings. The molecule has 2 aliphatic carbocycles. The summed E-state index contributed by atoms with van der Waals surface area (Å²) in [4.78, 5) is 17.9. The lowest BCUT2D eigenvalue weighted by Gasteiger charge is -2.42. The molecule has 0 amide bonds. The number of nitrogens with one attached hydrogen (secondary N) is 1. The molecule has 3 heteroatoms. The number of allylic oxidation sites excluding steroid dienone is 3. The number of carbonyl (C=O) groups is 1. The molecule has 2 atom stereocenters. The lowest BCUT2D eigenvalue weighted by Crippen LogP contribution is -2.41. The Morgan fingerprint density at radius 3 is 2.85 bits per heavy atom. The van der Waals surface area contributed by atoms with Crippen LogP contribution in [-0.2, 0) is 4.79 Å². The molecule has 0 saturated heterocycles. The number of pyridine rings is 1. The van der Waals surface area contributed by atoms with E-state index in [-0.39, 0.29) is 11.5 Å². The van der Waals surface area contributed by atoms with Crippen molar-refractivity contribution >= 4 is 27.9 Å². The molecule has 0 bridgehead atoms. The highest BCUT2D eigenvalue weighted by molar-refractivity contribution is 6.12. The van der Waals surface area contributed by atoms with E-state index in [0.29, 0.717) is 18.1 Å². The van der Waals surface area contributed by atoms with Crippen LogP contribution in [0.2, 0.25) is 0 Å². The number of nitrogens with zero attached hydrogens (tertiary/aromatic N) is 1. The van der Waals surface area contributed by atoms with Crippen LogP contribution in [0.4, 0.5) is 5.69 Å². The first-order valence-corrected chi connectivity index (χ1v) is 10.1. The molecule has 0 radical (unpaired) electrons. The van der Waals surface area contributed by atoms with E-state index < -0.39 is 0 Å². The number of anilines is 1. The zero-order valence-electron chi connectivity index (χ0n) is 16.1. The third-order valence-electron chi connectivity index (χ3n) is 6.41. The summed E-state index contributed by atoms with van der Waals surface area (Å²) in [5.74, 6) is 0.822. The highest BCUT2D eigenvalue weighted by Crippen LogP contribution is 2.50. The fraction of sp³-hybridized carbons (Fsp3) is 0.417. The van der Waals surface area contributed by atoms with Crippen LogP contribution in [0.5, 0.6) is 0 Å². The van der Waals surface area contributed by atoms with E-state index in [9.17, 15) is 4.79 Å². The Bertz CT molecular complexity index is 999. The van der Waals surface area contributed by atoms with Crippen LogP contribution in [0, 0.1) is 11.3 Å². The number of hydrogen-bond donors (Lipinski definition) is 1. The number of carbonyl (C=O) groups excluding carboxylic acids is 1. The number of benzene rings is 1. The van der Waals surface area contributed by atoms with Gasteiger partial charge in [-0.3, -0.25) is 9.78 Å². The monoisotopic (exact) mass is 358 g/mol. The fourth-order valence-corrected chi connectivity index (χ4v) is 5.23. The Kier molecular flexibility index (Phi) is 3.75. The van der Waals surface area contributed by atoms with Crippen molar-refractivity contribution in [1.29, 1.82) is 0 Å². The summed E-state index contributed by atoms with van der Waals surface area (Å²) in [6, 6.07) is 8.53. The van der Waals surface area contributed by atoms with Gasteiger partial charge in [0.25, 0.3) is 0 Å². The Morgan fingerprint density at radius 2 is 2.04 bits per heavy atom. The molecule has 5 rings (SSSR count). The molecule has 27 heavy (non-hydrogen) atoms. The summed E-state index contributed by atoms with van der Waals surface area (Å²) in [6.07, 6.45) is 11.3. The van der Waals surface area contributed by atoms with Gasteiger partial charge in [-0.15, -0.1) is 0 Å². The van der Waals surface area contributed by atoms with E-state index in [0.717, 1.165) is 42.2 Å². The van der Waals surface area contributed by atoms with Gasteiger partial charge in [-0.25, -0.2) is 0 Å². The van der Waals surface area contributed by atoms with E-state index in [1.807, 2.05) is 12.3 Å². The van der Waals surface area contributed by atoms with Crippen LogP contribution in [0.25, 0.3) is 16.5 Å². The second kappa shape index (κ2) is 6.05. The maximum Gasteiger partial charge on any atom is 0.161 e. The van der Waals surface area contributed by atoms with Crippen molar-refractivity contribution in [1.82, 2.24) is 4.98 Å². The normalized spacial score (nSPS) is 26.5. The summed E-state index contributed by atoms with van der Waals surface area (Å²) < 4.78 is 0. The zero-order chi connectivity index (χ0) is 18.6. The van der Waals surface area contributed by atoms with Crippen molar-refractivity contribution in [3.05, 3.63) is 53.8 Å². The van der Waals surface area contributed by atoms with Crippen LogP contribution >= 0.6 is 0 Å². The summed E-state index contributed by atoms with van der Waals surface area (Å²) in [5, 5.41) is 4.93. The first-order chi connectivity index (χ1) is 13.0. The Balaban J connectivity index is 1.75. The van der Waals surface area contributed by atoms with Gasteiger partial charge >= 0.3 is 0 Å². The molecular weight excluding hydrogens is 332 g/mol. The second-order valence-electron chi connectivity index (χ2n) is 9.06. The second-order valence-corrected chi connectivity index (χ2v) is 9.06. The molecular formula is C24H26N2O. The molecule has 1 aromatic carbocycles. The van der Waals surface area contributed by atoms with E-state index >= 15 is 0 Å². The highest BCUT2D eigenvalue weighted by Gasteiger charge is 2.42. The predicted molar refractivity (Wildman–Crippen MR) is 111 cm³/mol. The van der Waals surface area contributed by atoms with Crippen molar-refractivity contribution in [3.8, 4) is 0 Å². The van der Waals surface area contributed by atoms with E-state index in [1.54, 1.807) is 0 Å². The van der Waals surface area contributed by atoms with Gasteiger partial charge < -0.3 is 5.32 Å². The number of rotatable bonds is 1. The molecule has 0 saturated carbocycles. The Labute approximate surface area is 160 Å². The topological polar surface area (TPSA) is 42.0 Å². The summed E-state index contributed by atoms with van der Waals surface area (Å²) in [7, 11) is 0. The minimum absolute atomic E-state index is 0.00587. The predicted octanol–water partition coefficient (Wildman–Crippen LogP) is 5.53. The highest BCUT2D eigenvalue weighted by atomic mass is 16.1. The Hall–Kier alpha value is -2.42. The van der Waals surface area contributed by atoms with Crippen molar-refractivity contribution in [2.24, 2.45) is 11.3 Å². The summed E-state index contributed by atoms with van der Waals surface area (Å²) in [5.41, 5.74) is 5.70. The van der Waals surface area contributed by atoms with Gasteiger partial charge in [0.2, 0.25) is 0 Å². The maximum absolute atomic E-state index is 13.3. The van der Waals surface area contributed by atoms with E-state index in [4.69, 9.17) is 0 Å². The molecule has 0 spiro atoms. The minimum atomic E-state index is 0.00587. The van der Waals surface area contributed by atoms with Gasteiger partial charge in [-0.1, -0.05) is 32.1 Å². The van der Waals surface area contributed by atoms with Crippen LogP contribution in [0.3, 0.4) is 0 Å². The summed E-state index contributed by atoms with van der Waals surface area (Å²) >= 11 is 0. The quantitative estimate of drug-likeness (QED) is 0.682. The number of fused-ring (bicyclic) bond motifs is 4. The zero-order valence-corrected chi connectivity index (χ0v) is 16.1. The first kappa shape index (κ1) is 16.7. The van der Waals surface area contributed by atoms with Gasteiger partial charge in [-0.2, -0.15) is 0 Å². The molecule has 3 nitrogen and oxygen atoms in total. The van der Waals surface area contributed by atoms with Gasteiger partial charge in [0.05, 0.1) is 11.6 Å². The summed E-state index contributed by atoms with van der Waals surface area (Å²) in [6.45, 7) is 4.44. The molecule has 2 aromatic rings. The molecule has 1 aliphatic heterocycles. The van der Waals surface area contributed by atoms with Crippen LogP contribution < -0.4 is 5.32 Å². The lowest BCUT2D eigenvalue weighted by atomic mass is 9.66. The van der Waals surface area contributed by atoms with Gasteiger partial charge in [0, 0.05) is 34.8 Å². The SMILES string of the molecule is CC1(C)CC(=O)C2=C(C1)c1c(ccc3ncccc13)N[C@H]2[C@@H]1CC=CCC1. The lowest BCUT2D eigenvalue weighted by molar-refractivity contribution is -0.118. The van der Waals surface area contributed by atoms with Gasteiger partial charge in [0.1, 0.15) is 0 Å². The molecule has 1 aromatic heterocycles. The van der Waals surface area contributed by atoms with Crippen molar-refractivity contribution in [2.45, 2.75) is 52.0 Å². The average Bonchev–Trinajstić information content (AvgIpc) is 2.66. The number of Topliss-reactive ketones (excluding diaryl/α,β-unsaturated/α-hetero) is 1. The van der Waals surface area contributed by atoms with Gasteiger partial charge in [0.15, 0.2) is 5.78 Å². The van der Waals surface area contributed by atoms with Crippen LogP contribution in [0.15, 0.2) is 48.2 Å². The van der Waals surface area contributed by atoms with Crippen molar-refractivity contribution in [3.63, 3.8) is 0 Å². The van der Waals surface area contributed by atoms with Crippen molar-refractivity contribution < 1.29 is 4.79 Å². The number of ketones is 1. The van der Waals surface area contributed by atoms with Crippen LogP contribution in [0.1, 0.15) is 51.5 Å². The van der Waals surface area contributed by atoms with E-state index in [2.05, 4.69) is 54.5 Å². The van der Waals surface area contributed by atoms with Crippen molar-refractivity contribution in [2.75, 3.05) is 5.32 Å². The minimum Gasteiger partial charge on any atom is -0.377 e. The largest absolute Gasteiger partial charge is 0.377 e. The number of aromatic nitrogens is 1. The molecule has 138 valence electrons. The standard InChI is InChI=1S/C24H26N2O/c1-24(2)13-17-21-16-9-6-12-25-18(16)10-11-19(21)26-23(22(17)20(27)14-24)15-7-4-3-5-8-15/h3-4,6,9-12,15,23,26H,5,7-8,13-14H2,1-2H3/t15-,23+/m1/s1. The smallest absolute Gasteiger partial charge is 0.161 e. The molecule has 0 unspecified atom stereocenters. The third kappa shape index (κ3) is 2.72. The molecule has 2 heterocycles. The first-order valence-electron chi connectivity index (χ1n) is 10.1. The van der Waals surface area contributed by atoms with Crippen LogP contribution in [-0.4, -0.2) is 16.8 Å². The maximum atomic E-state index is 13.3. The number of hydrogen-bond acceptors (Lipinski definition) is 3. The fourth-order valence-electron chi connectivity index (χ4n) is 5.23. The van der Waals surface area contributed by atoms with Gasteiger partial charge in [-0.05, 0) is 60.8 Å². The average molecular weight is 358 g/mol.